The number of anilines is 1. The highest BCUT2D eigenvalue weighted by atomic mass is 16.5. The Morgan fingerprint density at radius 1 is 1.22 bits per heavy atom. The molecule has 1 aliphatic heterocycles. The fourth-order valence-electron chi connectivity index (χ4n) is 2.66. The van der Waals surface area contributed by atoms with Gasteiger partial charge in [-0.05, 0) is 24.6 Å². The topological polar surface area (TPSA) is 54.5 Å². The molecule has 0 bridgehead atoms. The Labute approximate surface area is 136 Å². The van der Waals surface area contributed by atoms with Gasteiger partial charge in [0, 0.05) is 25.0 Å². The quantitative estimate of drug-likeness (QED) is 0.942. The number of morpholine rings is 1. The van der Waals surface area contributed by atoms with Gasteiger partial charge in [-0.2, -0.15) is 0 Å². The summed E-state index contributed by atoms with van der Waals surface area (Å²) in [7, 11) is 0. The monoisotopic (exact) mass is 311 g/mol. The molecule has 1 aromatic heterocycles. The van der Waals surface area contributed by atoms with Crippen molar-refractivity contribution < 1.29 is 9.53 Å². The molecule has 0 spiro atoms. The van der Waals surface area contributed by atoms with Crippen molar-refractivity contribution in [3.8, 4) is 0 Å². The minimum absolute atomic E-state index is 0.0578. The van der Waals surface area contributed by atoms with Gasteiger partial charge in [-0.1, -0.05) is 30.3 Å². The van der Waals surface area contributed by atoms with Crippen LogP contribution in [0.15, 0.2) is 48.7 Å². The lowest BCUT2D eigenvalue weighted by Gasteiger charge is -2.28. The van der Waals surface area contributed by atoms with Crippen LogP contribution in [-0.2, 0) is 4.74 Å². The van der Waals surface area contributed by atoms with Crippen molar-refractivity contribution in [3.63, 3.8) is 0 Å². The lowest BCUT2D eigenvalue weighted by atomic mass is 10.1. The summed E-state index contributed by atoms with van der Waals surface area (Å²) in [6, 6.07) is 13.6. The van der Waals surface area contributed by atoms with Crippen LogP contribution in [-0.4, -0.2) is 37.2 Å². The maximum atomic E-state index is 12.4. The molecule has 1 saturated heterocycles. The largest absolute Gasteiger partial charge is 0.378 e. The maximum Gasteiger partial charge on any atom is 0.270 e. The molecule has 5 nitrogen and oxygen atoms in total. The first kappa shape index (κ1) is 15.5. The molecule has 0 radical (unpaired) electrons. The Hall–Kier alpha value is -2.40. The van der Waals surface area contributed by atoms with Crippen molar-refractivity contribution in [1.29, 1.82) is 0 Å². The molecule has 23 heavy (non-hydrogen) atoms. The summed E-state index contributed by atoms with van der Waals surface area (Å²) in [6.45, 7) is 5.08. The van der Waals surface area contributed by atoms with Gasteiger partial charge >= 0.3 is 0 Å². The van der Waals surface area contributed by atoms with Crippen LogP contribution in [0.2, 0.25) is 0 Å². The zero-order valence-electron chi connectivity index (χ0n) is 13.2. The number of aromatic nitrogens is 1. The summed E-state index contributed by atoms with van der Waals surface area (Å²) in [4.78, 5) is 18.9. The number of nitrogens with zero attached hydrogens (tertiary/aromatic N) is 2. The van der Waals surface area contributed by atoms with E-state index in [1.54, 1.807) is 6.20 Å². The van der Waals surface area contributed by atoms with Gasteiger partial charge in [0.2, 0.25) is 0 Å². The van der Waals surface area contributed by atoms with E-state index in [9.17, 15) is 4.79 Å². The van der Waals surface area contributed by atoms with E-state index >= 15 is 0 Å². The average molecular weight is 311 g/mol. The van der Waals surface area contributed by atoms with Gasteiger partial charge in [-0.25, -0.2) is 0 Å². The number of rotatable bonds is 4. The number of carbonyl (C=O) groups excluding carboxylic acids is 1. The summed E-state index contributed by atoms with van der Waals surface area (Å²) < 4.78 is 5.36. The number of benzene rings is 1. The summed E-state index contributed by atoms with van der Waals surface area (Å²) in [5.74, 6) is -0.156. The van der Waals surface area contributed by atoms with Gasteiger partial charge in [0.15, 0.2) is 0 Å². The van der Waals surface area contributed by atoms with Crippen LogP contribution in [0.25, 0.3) is 0 Å². The fourth-order valence-corrected chi connectivity index (χ4v) is 2.66. The van der Waals surface area contributed by atoms with E-state index in [0.717, 1.165) is 37.6 Å². The molecule has 2 aromatic rings. The summed E-state index contributed by atoms with van der Waals surface area (Å²) >= 11 is 0. The third kappa shape index (κ3) is 3.87. The summed E-state index contributed by atoms with van der Waals surface area (Å²) in [5.41, 5.74) is 2.53. The molecule has 2 heterocycles. The fraction of sp³-hybridized carbons (Fsp3) is 0.333. The average Bonchev–Trinajstić information content (AvgIpc) is 2.63. The van der Waals surface area contributed by atoms with E-state index in [4.69, 9.17) is 4.74 Å². The van der Waals surface area contributed by atoms with E-state index in [2.05, 4.69) is 15.2 Å². The van der Waals surface area contributed by atoms with Gasteiger partial charge in [0.1, 0.15) is 5.69 Å². The second-order valence-corrected chi connectivity index (χ2v) is 5.60. The van der Waals surface area contributed by atoms with Crippen molar-refractivity contribution in [2.24, 2.45) is 0 Å². The van der Waals surface area contributed by atoms with Crippen LogP contribution in [0, 0.1) is 0 Å². The lowest BCUT2D eigenvalue weighted by Crippen LogP contribution is -2.36. The van der Waals surface area contributed by atoms with Gasteiger partial charge in [-0.15, -0.1) is 0 Å². The van der Waals surface area contributed by atoms with Crippen molar-refractivity contribution in [3.05, 3.63) is 59.9 Å². The first-order valence-electron chi connectivity index (χ1n) is 7.88. The zero-order valence-corrected chi connectivity index (χ0v) is 13.2. The molecule has 0 aliphatic carbocycles. The number of ether oxygens (including phenoxy) is 1. The molecule has 1 amide bonds. The Bertz CT molecular complexity index is 654. The van der Waals surface area contributed by atoms with E-state index in [-0.39, 0.29) is 11.9 Å². The van der Waals surface area contributed by atoms with Gasteiger partial charge in [0.05, 0.1) is 19.3 Å². The van der Waals surface area contributed by atoms with Crippen LogP contribution in [0.5, 0.6) is 0 Å². The van der Waals surface area contributed by atoms with Crippen molar-refractivity contribution in [2.75, 3.05) is 31.2 Å². The second-order valence-electron chi connectivity index (χ2n) is 5.60. The number of carbonyl (C=O) groups is 1. The van der Waals surface area contributed by atoms with E-state index in [1.165, 1.54) is 0 Å². The maximum absolute atomic E-state index is 12.4. The normalized spacial score (nSPS) is 16.0. The molecular formula is C18H21N3O2. The predicted octanol–water partition coefficient (Wildman–Crippen LogP) is 2.41. The minimum atomic E-state index is -0.156. The highest BCUT2D eigenvalue weighted by molar-refractivity contribution is 5.93. The van der Waals surface area contributed by atoms with Gasteiger partial charge in [0.25, 0.3) is 5.91 Å². The van der Waals surface area contributed by atoms with E-state index in [1.807, 2.05) is 49.4 Å². The van der Waals surface area contributed by atoms with Gasteiger partial charge in [-0.3, -0.25) is 9.78 Å². The summed E-state index contributed by atoms with van der Waals surface area (Å²) in [5, 5.41) is 3.00. The number of pyridine rings is 1. The standard InChI is InChI=1S/C18H21N3O2/c1-14(15-5-3-2-4-6-15)20-18(22)17-13-16(7-8-19-17)21-9-11-23-12-10-21/h2-8,13-14H,9-12H2,1H3,(H,20,22). The first-order valence-corrected chi connectivity index (χ1v) is 7.88. The Morgan fingerprint density at radius 2 is 1.96 bits per heavy atom. The first-order chi connectivity index (χ1) is 11.2. The lowest BCUT2D eigenvalue weighted by molar-refractivity contribution is 0.0935. The molecule has 5 heteroatoms. The molecule has 3 rings (SSSR count). The smallest absolute Gasteiger partial charge is 0.270 e. The van der Waals surface area contributed by atoms with Gasteiger partial charge < -0.3 is 15.0 Å². The third-order valence-corrected chi connectivity index (χ3v) is 4.00. The molecule has 1 atom stereocenters. The Morgan fingerprint density at radius 3 is 2.70 bits per heavy atom. The second kappa shape index (κ2) is 7.24. The van der Waals surface area contributed by atoms with Crippen LogP contribution in [0.3, 0.4) is 0 Å². The SMILES string of the molecule is CC(NC(=O)c1cc(N2CCOCC2)ccn1)c1ccccc1. The number of amides is 1. The van der Waals surface area contributed by atoms with Crippen LogP contribution >= 0.6 is 0 Å². The van der Waals surface area contributed by atoms with Crippen LogP contribution in [0.1, 0.15) is 29.0 Å². The van der Waals surface area contributed by atoms with E-state index in [0.29, 0.717) is 5.69 Å². The number of hydrogen-bond acceptors (Lipinski definition) is 4. The Kier molecular flexibility index (Phi) is 4.88. The molecule has 1 fully saturated rings. The predicted molar refractivity (Wildman–Crippen MR) is 89.6 cm³/mol. The highest BCUT2D eigenvalue weighted by Crippen LogP contribution is 2.17. The minimum Gasteiger partial charge on any atom is -0.378 e. The molecule has 1 aromatic carbocycles. The molecular weight excluding hydrogens is 290 g/mol. The zero-order chi connectivity index (χ0) is 16.1. The van der Waals surface area contributed by atoms with Crippen molar-refractivity contribution >= 4 is 11.6 Å². The van der Waals surface area contributed by atoms with Crippen molar-refractivity contribution in [2.45, 2.75) is 13.0 Å². The van der Waals surface area contributed by atoms with Crippen LogP contribution in [0.4, 0.5) is 5.69 Å². The molecule has 1 aliphatic rings. The third-order valence-electron chi connectivity index (χ3n) is 4.00. The Balaban J connectivity index is 1.69. The summed E-state index contributed by atoms with van der Waals surface area (Å²) in [6.07, 6.45) is 1.69. The number of nitrogens with one attached hydrogen (secondary N) is 1. The molecule has 1 N–H and O–H groups in total. The number of hydrogen-bond donors (Lipinski definition) is 1. The van der Waals surface area contributed by atoms with Crippen molar-refractivity contribution in [1.82, 2.24) is 10.3 Å². The molecule has 0 saturated carbocycles. The van der Waals surface area contributed by atoms with Crippen LogP contribution < -0.4 is 10.2 Å². The van der Waals surface area contributed by atoms with E-state index < -0.39 is 0 Å². The highest BCUT2D eigenvalue weighted by Gasteiger charge is 2.16. The molecule has 1 unspecified atom stereocenters. The molecule has 120 valence electrons.